The number of aryl methyl sites for hydroxylation is 3. The number of hydrogen-bond donors (Lipinski definition) is 4. The van der Waals surface area contributed by atoms with E-state index in [1.807, 2.05) is 56.3 Å². The second-order valence-electron chi connectivity index (χ2n) is 14.0. The molecule has 56 heavy (non-hydrogen) atoms. The molecule has 1 aliphatic carbocycles. The van der Waals surface area contributed by atoms with E-state index in [9.17, 15) is 24.0 Å². The molecule has 1 aromatic heterocycles. The third-order valence-electron chi connectivity index (χ3n) is 9.68. The second-order valence-corrected chi connectivity index (χ2v) is 15.1. The van der Waals surface area contributed by atoms with Gasteiger partial charge >= 0.3 is 18.0 Å². The Morgan fingerprint density at radius 1 is 0.714 bits per heavy atom. The summed E-state index contributed by atoms with van der Waals surface area (Å²) in [5.41, 5.74) is 5.72. The summed E-state index contributed by atoms with van der Waals surface area (Å²) < 4.78 is 5.53. The second kappa shape index (κ2) is 17.9. The lowest BCUT2D eigenvalue weighted by molar-refractivity contribution is 0.0686. The Hall–Kier alpha value is -6.27. The molecule has 0 fully saturated rings. The molecule has 0 atom stereocenters. The van der Waals surface area contributed by atoms with Crippen molar-refractivity contribution < 1.29 is 38.9 Å². The summed E-state index contributed by atoms with van der Waals surface area (Å²) in [6.07, 6.45) is 5.49. The topological polar surface area (TPSA) is 162 Å². The van der Waals surface area contributed by atoms with Gasteiger partial charge in [-0.15, -0.1) is 11.3 Å². The number of carboxylic acid groups (broad SMARTS) is 2. The molecule has 1 aliphatic rings. The van der Waals surface area contributed by atoms with E-state index in [1.54, 1.807) is 30.3 Å². The van der Waals surface area contributed by atoms with Gasteiger partial charge in [-0.3, -0.25) is 9.59 Å². The number of nitrogens with one attached hydrogen (secondary N) is 2. The molecular weight excluding hydrogens is 731 g/mol. The summed E-state index contributed by atoms with van der Waals surface area (Å²) in [5, 5.41) is 24.8. The fraction of sp³-hybridized carbons (Fsp3) is 0.250. The number of aromatic carboxylic acids is 2. The van der Waals surface area contributed by atoms with E-state index in [-0.39, 0.29) is 41.3 Å². The molecule has 0 spiro atoms. The fourth-order valence-corrected chi connectivity index (χ4v) is 7.90. The number of benzene rings is 4. The van der Waals surface area contributed by atoms with Crippen molar-refractivity contribution in [1.82, 2.24) is 4.90 Å². The maximum atomic E-state index is 13.9. The van der Waals surface area contributed by atoms with E-state index in [1.165, 1.54) is 40.5 Å². The number of rotatable bonds is 14. The number of amides is 3. The van der Waals surface area contributed by atoms with Crippen LogP contribution >= 0.6 is 11.3 Å². The average molecular weight is 774 g/mol. The van der Waals surface area contributed by atoms with Crippen LogP contribution in [0.4, 0.5) is 15.5 Å². The monoisotopic (exact) mass is 773 g/mol. The first-order valence-electron chi connectivity index (χ1n) is 18.5. The van der Waals surface area contributed by atoms with Gasteiger partial charge < -0.3 is 30.5 Å². The number of fused-ring (bicyclic) bond motifs is 1. The molecule has 0 unspecified atom stereocenters. The zero-order valence-electron chi connectivity index (χ0n) is 31.2. The van der Waals surface area contributed by atoms with Crippen LogP contribution in [0.1, 0.15) is 102 Å². The van der Waals surface area contributed by atoms with Gasteiger partial charge in [-0.1, -0.05) is 36.4 Å². The van der Waals surface area contributed by atoms with Gasteiger partial charge in [0.2, 0.25) is 0 Å². The maximum Gasteiger partial charge on any atom is 0.415 e. The van der Waals surface area contributed by atoms with Crippen LogP contribution in [0.15, 0.2) is 97.1 Å². The maximum absolute atomic E-state index is 13.9. The predicted molar refractivity (Wildman–Crippen MR) is 215 cm³/mol. The van der Waals surface area contributed by atoms with Crippen LogP contribution in [0.3, 0.4) is 0 Å². The smallest absolute Gasteiger partial charge is 0.415 e. The first kappa shape index (κ1) is 39.4. The highest BCUT2D eigenvalue weighted by Gasteiger charge is 2.27. The molecule has 3 amide bonds. The highest BCUT2D eigenvalue weighted by Crippen LogP contribution is 2.39. The van der Waals surface area contributed by atoms with E-state index >= 15 is 0 Å². The zero-order chi connectivity index (χ0) is 39.8. The van der Waals surface area contributed by atoms with Crippen molar-refractivity contribution >= 4 is 51.9 Å². The Morgan fingerprint density at radius 2 is 1.32 bits per heavy atom. The van der Waals surface area contributed by atoms with Crippen molar-refractivity contribution in [2.45, 2.75) is 71.4 Å². The minimum Gasteiger partial charge on any atom is -0.478 e. The summed E-state index contributed by atoms with van der Waals surface area (Å²) in [6, 6.07) is 26.9. The lowest BCUT2D eigenvalue weighted by Gasteiger charge is -2.26. The molecule has 12 heteroatoms. The third kappa shape index (κ3) is 9.88. The van der Waals surface area contributed by atoms with Crippen molar-refractivity contribution in [3.8, 4) is 5.75 Å². The molecule has 0 bridgehead atoms. The molecule has 0 aliphatic heterocycles. The number of ether oxygens (including phenoxy) is 1. The zero-order valence-corrected chi connectivity index (χ0v) is 32.0. The summed E-state index contributed by atoms with van der Waals surface area (Å²) >= 11 is 1.44. The normalized spacial score (nSPS) is 12.1. The molecule has 0 saturated carbocycles. The molecule has 0 saturated heterocycles. The van der Waals surface area contributed by atoms with Crippen molar-refractivity contribution in [2.75, 3.05) is 10.6 Å². The molecule has 5 aromatic rings. The van der Waals surface area contributed by atoms with Crippen molar-refractivity contribution in [3.63, 3.8) is 0 Å². The van der Waals surface area contributed by atoms with E-state index in [0.717, 1.165) is 66.5 Å². The summed E-state index contributed by atoms with van der Waals surface area (Å²) in [4.78, 5) is 65.7. The molecular formula is C44H43N3O8S. The number of anilines is 2. The van der Waals surface area contributed by atoms with Gasteiger partial charge in [-0.2, -0.15) is 0 Å². The number of carboxylic acids is 2. The Balaban J connectivity index is 1.10. The van der Waals surface area contributed by atoms with Crippen LogP contribution in [-0.2, 0) is 32.2 Å². The van der Waals surface area contributed by atoms with Crippen LogP contribution in [0.2, 0.25) is 0 Å². The minimum absolute atomic E-state index is 0.0791. The van der Waals surface area contributed by atoms with Gasteiger partial charge in [0.25, 0.3) is 11.8 Å². The van der Waals surface area contributed by atoms with E-state index in [0.29, 0.717) is 27.4 Å². The van der Waals surface area contributed by atoms with Gasteiger partial charge in [0.1, 0.15) is 10.8 Å². The molecule has 4 N–H and O–H groups in total. The van der Waals surface area contributed by atoms with Gasteiger partial charge in [0.15, 0.2) is 0 Å². The van der Waals surface area contributed by atoms with Gasteiger partial charge in [-0.25, -0.2) is 14.4 Å². The molecule has 6 rings (SSSR count). The highest BCUT2D eigenvalue weighted by molar-refractivity contribution is 7.17. The lowest BCUT2D eigenvalue weighted by Crippen LogP contribution is -2.38. The van der Waals surface area contributed by atoms with Gasteiger partial charge in [0.05, 0.1) is 16.7 Å². The van der Waals surface area contributed by atoms with Crippen LogP contribution in [0.25, 0.3) is 0 Å². The number of carbonyl (C=O) groups is 5. The van der Waals surface area contributed by atoms with Crippen LogP contribution in [0.5, 0.6) is 5.75 Å². The first-order chi connectivity index (χ1) is 26.9. The predicted octanol–water partition coefficient (Wildman–Crippen LogP) is 9.11. The lowest BCUT2D eigenvalue weighted by atomic mass is 9.95. The standard InChI is InChI=1S/C44H43N3O8S/c1-27(2)47(44(54)55-35-23-19-32(20-24-35)43(52)53)26-30-9-6-10-33(25-30)39(48)46-41-38(36-11-3-4-12-37(36)56-41)40(49)45-34-21-15-29(16-22-34)8-5-7-28-13-17-31(18-14-28)42(50)51/h6,9-10,13-25,27H,3-5,7-8,11-12,26H2,1-2H3,(H,45,49)(H,46,48)(H,50,51)(H,52,53). The summed E-state index contributed by atoms with van der Waals surface area (Å²) in [5.74, 6) is -2.46. The van der Waals surface area contributed by atoms with Crippen molar-refractivity contribution in [3.05, 3.63) is 146 Å². The SMILES string of the molecule is CC(C)N(Cc1cccc(C(=O)Nc2sc3c(c2C(=O)Nc2ccc(CCCc4ccc(C(=O)O)cc4)cc2)CCCC3)c1)C(=O)Oc1ccc(C(=O)O)cc1. The Morgan fingerprint density at radius 3 is 1.95 bits per heavy atom. The summed E-state index contributed by atoms with van der Waals surface area (Å²) in [6.45, 7) is 3.85. The number of nitrogens with zero attached hydrogens (tertiary/aromatic N) is 1. The fourth-order valence-electron chi connectivity index (χ4n) is 6.62. The van der Waals surface area contributed by atoms with Crippen LogP contribution in [-0.4, -0.2) is 51.0 Å². The largest absolute Gasteiger partial charge is 0.478 e. The number of thiophene rings is 1. The average Bonchev–Trinajstić information content (AvgIpc) is 3.56. The van der Waals surface area contributed by atoms with Crippen molar-refractivity contribution in [1.29, 1.82) is 0 Å². The van der Waals surface area contributed by atoms with E-state index < -0.39 is 18.0 Å². The van der Waals surface area contributed by atoms with Gasteiger partial charge in [-0.05, 0) is 142 Å². The quantitative estimate of drug-likeness (QED) is 0.0869. The molecule has 1 heterocycles. The number of carbonyl (C=O) groups excluding carboxylic acids is 3. The molecule has 11 nitrogen and oxygen atoms in total. The Labute approximate surface area is 329 Å². The Kier molecular flexibility index (Phi) is 12.6. The van der Waals surface area contributed by atoms with Crippen molar-refractivity contribution in [2.24, 2.45) is 0 Å². The molecule has 4 aromatic carbocycles. The van der Waals surface area contributed by atoms with E-state index in [2.05, 4.69) is 10.6 Å². The minimum atomic E-state index is -1.08. The third-order valence-corrected chi connectivity index (χ3v) is 10.9. The van der Waals surface area contributed by atoms with Crippen LogP contribution < -0.4 is 15.4 Å². The summed E-state index contributed by atoms with van der Waals surface area (Å²) in [7, 11) is 0. The van der Waals surface area contributed by atoms with Gasteiger partial charge in [0, 0.05) is 28.7 Å². The first-order valence-corrected chi connectivity index (χ1v) is 19.4. The molecule has 288 valence electrons. The molecule has 0 radical (unpaired) electrons. The highest BCUT2D eigenvalue weighted by atomic mass is 32.1. The number of hydrogen-bond acceptors (Lipinski definition) is 7. The van der Waals surface area contributed by atoms with Crippen LogP contribution in [0, 0.1) is 0 Å². The Bertz CT molecular complexity index is 2230. The van der Waals surface area contributed by atoms with E-state index in [4.69, 9.17) is 14.9 Å².